The fourth-order valence-corrected chi connectivity index (χ4v) is 3.25. The number of benzene rings is 1. The van der Waals surface area contributed by atoms with E-state index in [-0.39, 0.29) is 5.91 Å². The van der Waals surface area contributed by atoms with Crippen LogP contribution in [0.25, 0.3) is 0 Å². The summed E-state index contributed by atoms with van der Waals surface area (Å²) in [6.45, 7) is 9.11. The van der Waals surface area contributed by atoms with E-state index in [0.29, 0.717) is 6.54 Å². The van der Waals surface area contributed by atoms with Gasteiger partial charge in [-0.1, -0.05) is 18.2 Å². The number of carbonyl (C=O) groups excluding carboxylic acids is 1. The molecular formula is C19H27N5O. The van der Waals surface area contributed by atoms with Gasteiger partial charge in [0.1, 0.15) is 5.82 Å². The molecule has 0 atom stereocenters. The molecule has 1 fully saturated rings. The van der Waals surface area contributed by atoms with Gasteiger partial charge >= 0.3 is 0 Å². The Balaban J connectivity index is 1.47. The smallest absolute Gasteiger partial charge is 0.238 e. The van der Waals surface area contributed by atoms with Crippen molar-refractivity contribution in [1.82, 2.24) is 19.4 Å². The van der Waals surface area contributed by atoms with Crippen LogP contribution in [-0.2, 0) is 18.4 Å². The molecule has 0 radical (unpaired) electrons. The SMILES string of the molecule is Cc1cccc(C)c1NC(=O)CN1CCN(Cc2nccn2C)CC1. The molecule has 1 aliphatic rings. The second-order valence-electron chi connectivity index (χ2n) is 6.82. The molecule has 6 heteroatoms. The highest BCUT2D eigenvalue weighted by Crippen LogP contribution is 2.19. The van der Waals surface area contributed by atoms with Crippen molar-refractivity contribution in [3.8, 4) is 0 Å². The molecule has 1 aliphatic heterocycles. The number of nitrogens with one attached hydrogen (secondary N) is 1. The topological polar surface area (TPSA) is 53.4 Å². The molecule has 0 spiro atoms. The molecule has 1 saturated heterocycles. The van der Waals surface area contributed by atoms with Gasteiger partial charge < -0.3 is 9.88 Å². The Bertz CT molecular complexity index is 711. The van der Waals surface area contributed by atoms with Gasteiger partial charge in [0.05, 0.1) is 13.1 Å². The Kier molecular flexibility index (Phi) is 5.50. The third-order valence-electron chi connectivity index (χ3n) is 4.86. The highest BCUT2D eigenvalue weighted by molar-refractivity contribution is 5.93. The number of piperazine rings is 1. The number of amides is 1. The van der Waals surface area contributed by atoms with Gasteiger partial charge in [0.2, 0.25) is 5.91 Å². The summed E-state index contributed by atoms with van der Waals surface area (Å²) in [6.07, 6.45) is 3.81. The molecule has 1 aromatic heterocycles. The van der Waals surface area contributed by atoms with E-state index in [1.54, 1.807) is 0 Å². The van der Waals surface area contributed by atoms with Crippen LogP contribution in [0.3, 0.4) is 0 Å². The third kappa shape index (κ3) is 4.46. The molecule has 1 amide bonds. The van der Waals surface area contributed by atoms with Crippen LogP contribution in [0, 0.1) is 13.8 Å². The predicted molar refractivity (Wildman–Crippen MR) is 99.5 cm³/mol. The van der Waals surface area contributed by atoms with E-state index in [1.165, 1.54) is 0 Å². The second-order valence-corrected chi connectivity index (χ2v) is 6.82. The van der Waals surface area contributed by atoms with Crippen LogP contribution in [-0.4, -0.2) is 58.0 Å². The molecule has 0 bridgehead atoms. The van der Waals surface area contributed by atoms with Crippen LogP contribution in [0.1, 0.15) is 17.0 Å². The predicted octanol–water partition coefficient (Wildman–Crippen LogP) is 1.79. The molecule has 0 saturated carbocycles. The first-order valence-electron chi connectivity index (χ1n) is 8.80. The minimum atomic E-state index is 0.0648. The minimum Gasteiger partial charge on any atom is -0.337 e. The monoisotopic (exact) mass is 341 g/mol. The van der Waals surface area contributed by atoms with Gasteiger partial charge in [0.25, 0.3) is 0 Å². The first-order valence-corrected chi connectivity index (χ1v) is 8.80. The van der Waals surface area contributed by atoms with Crippen LogP contribution in [0.2, 0.25) is 0 Å². The van der Waals surface area contributed by atoms with Crippen LogP contribution in [0.15, 0.2) is 30.6 Å². The third-order valence-corrected chi connectivity index (χ3v) is 4.86. The van der Waals surface area contributed by atoms with Crippen LogP contribution in [0.5, 0.6) is 0 Å². The molecular weight excluding hydrogens is 314 g/mol. The summed E-state index contributed by atoms with van der Waals surface area (Å²) in [6, 6.07) is 6.07. The number of anilines is 1. The fourth-order valence-electron chi connectivity index (χ4n) is 3.25. The fraction of sp³-hybridized carbons (Fsp3) is 0.474. The first-order chi connectivity index (χ1) is 12.0. The van der Waals surface area contributed by atoms with Crippen molar-refractivity contribution in [2.45, 2.75) is 20.4 Å². The zero-order valence-electron chi connectivity index (χ0n) is 15.3. The second kappa shape index (κ2) is 7.80. The average Bonchev–Trinajstić information content (AvgIpc) is 2.98. The van der Waals surface area contributed by atoms with Gasteiger partial charge in [-0.15, -0.1) is 0 Å². The number of hydrogen-bond donors (Lipinski definition) is 1. The van der Waals surface area contributed by atoms with E-state index in [1.807, 2.05) is 51.5 Å². The highest BCUT2D eigenvalue weighted by Gasteiger charge is 2.20. The standard InChI is InChI=1S/C19H27N5O/c1-15-5-4-6-16(2)19(15)21-18(25)14-24-11-9-23(10-12-24)13-17-20-7-8-22(17)3/h4-8H,9-14H2,1-3H3,(H,21,25). The Morgan fingerprint density at radius 3 is 2.36 bits per heavy atom. The summed E-state index contributed by atoms with van der Waals surface area (Å²) < 4.78 is 2.06. The molecule has 6 nitrogen and oxygen atoms in total. The van der Waals surface area contributed by atoms with Gasteiger partial charge in [-0.05, 0) is 25.0 Å². The molecule has 1 N–H and O–H groups in total. The van der Waals surface area contributed by atoms with Gasteiger partial charge in [-0.25, -0.2) is 4.98 Å². The lowest BCUT2D eigenvalue weighted by molar-refractivity contribution is -0.117. The number of aryl methyl sites for hydroxylation is 3. The highest BCUT2D eigenvalue weighted by atomic mass is 16.2. The van der Waals surface area contributed by atoms with E-state index in [2.05, 4.69) is 24.7 Å². The van der Waals surface area contributed by atoms with E-state index in [0.717, 1.165) is 55.4 Å². The summed E-state index contributed by atoms with van der Waals surface area (Å²) in [5.74, 6) is 1.15. The summed E-state index contributed by atoms with van der Waals surface area (Å²) in [5, 5.41) is 3.07. The zero-order valence-corrected chi connectivity index (χ0v) is 15.3. The van der Waals surface area contributed by atoms with Crippen molar-refractivity contribution in [2.75, 3.05) is 38.0 Å². The molecule has 2 heterocycles. The van der Waals surface area contributed by atoms with Gasteiger partial charge in [0.15, 0.2) is 0 Å². The van der Waals surface area contributed by atoms with Gasteiger partial charge in [0, 0.05) is 51.3 Å². The number of carbonyl (C=O) groups is 1. The van der Waals surface area contributed by atoms with Crippen LogP contribution < -0.4 is 5.32 Å². The first kappa shape index (κ1) is 17.6. The molecule has 0 unspecified atom stereocenters. The molecule has 134 valence electrons. The van der Waals surface area contributed by atoms with Gasteiger partial charge in [-0.3, -0.25) is 14.6 Å². The Morgan fingerprint density at radius 2 is 1.76 bits per heavy atom. The van der Waals surface area contributed by atoms with Crippen molar-refractivity contribution in [1.29, 1.82) is 0 Å². The number of aromatic nitrogens is 2. The lowest BCUT2D eigenvalue weighted by Crippen LogP contribution is -2.48. The number of para-hydroxylation sites is 1. The summed E-state index contributed by atoms with van der Waals surface area (Å²) in [7, 11) is 2.02. The molecule has 25 heavy (non-hydrogen) atoms. The number of nitrogens with zero attached hydrogens (tertiary/aromatic N) is 4. The largest absolute Gasteiger partial charge is 0.337 e. The van der Waals surface area contributed by atoms with Crippen molar-refractivity contribution in [3.63, 3.8) is 0 Å². The van der Waals surface area contributed by atoms with Crippen molar-refractivity contribution in [2.24, 2.45) is 7.05 Å². The quantitative estimate of drug-likeness (QED) is 0.901. The van der Waals surface area contributed by atoms with E-state index >= 15 is 0 Å². The normalized spacial score (nSPS) is 16.1. The number of imidazole rings is 1. The maximum Gasteiger partial charge on any atom is 0.238 e. The lowest BCUT2D eigenvalue weighted by atomic mass is 10.1. The Hall–Kier alpha value is -2.18. The van der Waals surface area contributed by atoms with Gasteiger partial charge in [-0.2, -0.15) is 0 Å². The zero-order chi connectivity index (χ0) is 17.8. The molecule has 0 aliphatic carbocycles. The van der Waals surface area contributed by atoms with Crippen molar-refractivity contribution < 1.29 is 4.79 Å². The van der Waals surface area contributed by atoms with E-state index in [9.17, 15) is 4.79 Å². The van der Waals surface area contributed by atoms with E-state index in [4.69, 9.17) is 0 Å². The molecule has 2 aromatic rings. The van der Waals surface area contributed by atoms with E-state index < -0.39 is 0 Å². The van der Waals surface area contributed by atoms with Crippen molar-refractivity contribution in [3.05, 3.63) is 47.5 Å². The summed E-state index contributed by atoms with van der Waals surface area (Å²) >= 11 is 0. The minimum absolute atomic E-state index is 0.0648. The summed E-state index contributed by atoms with van der Waals surface area (Å²) in [4.78, 5) is 21.4. The Labute approximate surface area is 149 Å². The Morgan fingerprint density at radius 1 is 1.12 bits per heavy atom. The van der Waals surface area contributed by atoms with Crippen LogP contribution >= 0.6 is 0 Å². The summed E-state index contributed by atoms with van der Waals surface area (Å²) in [5.41, 5.74) is 3.15. The number of rotatable bonds is 5. The van der Waals surface area contributed by atoms with Crippen molar-refractivity contribution >= 4 is 11.6 Å². The lowest BCUT2D eigenvalue weighted by Gasteiger charge is -2.34. The van der Waals surface area contributed by atoms with Crippen LogP contribution in [0.4, 0.5) is 5.69 Å². The molecule has 1 aromatic carbocycles. The molecule has 3 rings (SSSR count). The maximum absolute atomic E-state index is 12.4. The maximum atomic E-state index is 12.4. The average molecular weight is 341 g/mol. The number of hydrogen-bond acceptors (Lipinski definition) is 4.